The zero-order valence-electron chi connectivity index (χ0n) is 17.6. The Kier molecular flexibility index (Phi) is 4.94. The summed E-state index contributed by atoms with van der Waals surface area (Å²) in [7, 11) is 1.82. The van der Waals surface area contributed by atoms with Crippen LogP contribution in [0.25, 0.3) is 0 Å². The van der Waals surface area contributed by atoms with Crippen LogP contribution in [0, 0.1) is 0 Å². The summed E-state index contributed by atoms with van der Waals surface area (Å²) in [6.07, 6.45) is 4.21. The minimum atomic E-state index is 0.160. The number of ether oxygens (including phenoxy) is 1. The first-order valence-electron chi connectivity index (χ1n) is 9.91. The molecular formula is C25H34O. The van der Waals surface area contributed by atoms with E-state index in [2.05, 4.69) is 71.9 Å². The Bertz CT molecular complexity index is 753. The van der Waals surface area contributed by atoms with Crippen LogP contribution in [0.2, 0.25) is 0 Å². The van der Waals surface area contributed by atoms with Gasteiger partial charge in [-0.3, -0.25) is 0 Å². The number of methoxy groups -OCH3 is 1. The van der Waals surface area contributed by atoms with E-state index in [0.29, 0.717) is 0 Å². The SMILES string of the molecule is COc1c2cc(C(C)(C)C)cc1CCc1cc(cc(C(C)(C)C)c1)CC2. The van der Waals surface area contributed by atoms with Crippen molar-refractivity contribution in [1.29, 1.82) is 0 Å². The molecular weight excluding hydrogens is 316 g/mol. The van der Waals surface area contributed by atoms with Gasteiger partial charge in [-0.1, -0.05) is 71.9 Å². The van der Waals surface area contributed by atoms with Crippen LogP contribution in [-0.2, 0) is 36.5 Å². The normalized spacial score (nSPS) is 14.9. The quantitative estimate of drug-likeness (QED) is 0.597. The molecule has 0 aromatic heterocycles. The molecule has 0 radical (unpaired) electrons. The lowest BCUT2D eigenvalue weighted by molar-refractivity contribution is 0.403. The number of hydrogen-bond acceptors (Lipinski definition) is 1. The third-order valence-electron chi connectivity index (χ3n) is 5.60. The van der Waals surface area contributed by atoms with Crippen molar-refractivity contribution in [2.24, 2.45) is 0 Å². The van der Waals surface area contributed by atoms with E-state index in [1.54, 1.807) is 0 Å². The standard InChI is InChI=1S/C25H34O/c1-24(2,3)21-13-17-8-10-19-15-22(25(4,5)6)16-20(23(19)26-7)11-9-18(12-17)14-21/h12-16H,8-11H2,1-7H3. The number of rotatable bonds is 1. The number of aryl methyl sites for hydroxylation is 4. The topological polar surface area (TPSA) is 9.23 Å². The summed E-state index contributed by atoms with van der Waals surface area (Å²) in [5, 5.41) is 0. The molecule has 2 aromatic rings. The van der Waals surface area contributed by atoms with Gasteiger partial charge < -0.3 is 4.74 Å². The van der Waals surface area contributed by atoms with Crippen LogP contribution in [0.5, 0.6) is 5.75 Å². The van der Waals surface area contributed by atoms with Crippen LogP contribution in [0.1, 0.15) is 74.9 Å². The molecule has 0 saturated carbocycles. The van der Waals surface area contributed by atoms with Gasteiger partial charge in [-0.2, -0.15) is 0 Å². The van der Waals surface area contributed by atoms with Crippen LogP contribution < -0.4 is 4.74 Å². The van der Waals surface area contributed by atoms with E-state index in [0.717, 1.165) is 31.4 Å². The fourth-order valence-corrected chi connectivity index (χ4v) is 3.86. The molecule has 1 heteroatoms. The lowest BCUT2D eigenvalue weighted by atomic mass is 9.81. The number of benzene rings is 2. The lowest BCUT2D eigenvalue weighted by Crippen LogP contribution is -2.15. The van der Waals surface area contributed by atoms with E-state index in [1.807, 2.05) is 7.11 Å². The smallest absolute Gasteiger partial charge is 0.125 e. The maximum Gasteiger partial charge on any atom is 0.125 e. The summed E-state index contributed by atoms with van der Waals surface area (Å²) in [5.41, 5.74) is 8.87. The predicted octanol–water partition coefficient (Wildman–Crippen LogP) is 6.17. The maximum absolute atomic E-state index is 5.86. The maximum atomic E-state index is 5.86. The molecule has 26 heavy (non-hydrogen) atoms. The molecule has 0 spiro atoms. The van der Waals surface area contributed by atoms with Crippen molar-refractivity contribution >= 4 is 0 Å². The van der Waals surface area contributed by atoms with E-state index >= 15 is 0 Å². The van der Waals surface area contributed by atoms with Gasteiger partial charge in [-0.15, -0.1) is 0 Å². The van der Waals surface area contributed by atoms with Gasteiger partial charge in [0.05, 0.1) is 7.11 Å². The summed E-state index contributed by atoms with van der Waals surface area (Å²) in [6.45, 7) is 13.8. The third kappa shape index (κ3) is 3.98. The molecule has 0 saturated heterocycles. The summed E-state index contributed by atoms with van der Waals surface area (Å²) in [5.74, 6) is 1.11. The second kappa shape index (κ2) is 6.76. The Morgan fingerprint density at radius 2 is 1.04 bits per heavy atom. The fourth-order valence-electron chi connectivity index (χ4n) is 3.86. The second-order valence-corrected chi connectivity index (χ2v) is 9.87. The van der Waals surface area contributed by atoms with Gasteiger partial charge in [0.1, 0.15) is 5.75 Å². The first kappa shape index (κ1) is 19.0. The third-order valence-corrected chi connectivity index (χ3v) is 5.60. The lowest BCUT2D eigenvalue weighted by Gasteiger charge is -2.25. The Labute approximate surface area is 159 Å². The predicted molar refractivity (Wildman–Crippen MR) is 112 cm³/mol. The summed E-state index contributed by atoms with van der Waals surface area (Å²) in [4.78, 5) is 0. The molecule has 2 aromatic carbocycles. The van der Waals surface area contributed by atoms with Crippen LogP contribution in [0.15, 0.2) is 30.3 Å². The van der Waals surface area contributed by atoms with Crippen LogP contribution in [0.3, 0.4) is 0 Å². The zero-order valence-corrected chi connectivity index (χ0v) is 17.6. The first-order valence-corrected chi connectivity index (χ1v) is 9.91. The van der Waals surface area contributed by atoms with E-state index in [-0.39, 0.29) is 10.8 Å². The van der Waals surface area contributed by atoms with Crippen molar-refractivity contribution in [3.8, 4) is 5.75 Å². The average Bonchev–Trinajstić information content (AvgIpc) is 2.55. The van der Waals surface area contributed by atoms with Crippen LogP contribution >= 0.6 is 0 Å². The van der Waals surface area contributed by atoms with E-state index in [9.17, 15) is 0 Å². The summed E-state index contributed by atoms with van der Waals surface area (Å²) < 4.78 is 5.86. The van der Waals surface area contributed by atoms with E-state index in [4.69, 9.17) is 4.74 Å². The van der Waals surface area contributed by atoms with Crippen molar-refractivity contribution in [1.82, 2.24) is 0 Å². The highest BCUT2D eigenvalue weighted by Gasteiger charge is 2.21. The summed E-state index contributed by atoms with van der Waals surface area (Å²) in [6, 6.07) is 12.0. The highest BCUT2D eigenvalue weighted by Crippen LogP contribution is 2.35. The highest BCUT2D eigenvalue weighted by molar-refractivity contribution is 5.48. The fraction of sp³-hybridized carbons (Fsp3) is 0.520. The highest BCUT2D eigenvalue weighted by atomic mass is 16.5. The number of hydrogen-bond donors (Lipinski definition) is 0. The summed E-state index contributed by atoms with van der Waals surface area (Å²) >= 11 is 0. The molecule has 1 aliphatic rings. The molecule has 0 aliphatic heterocycles. The average molecular weight is 351 g/mol. The van der Waals surface area contributed by atoms with Crippen molar-refractivity contribution in [2.75, 3.05) is 7.11 Å². The van der Waals surface area contributed by atoms with Gasteiger partial charge in [-0.05, 0) is 69.9 Å². The van der Waals surface area contributed by atoms with E-state index in [1.165, 1.54) is 33.4 Å². The number of fused-ring (bicyclic) bond motifs is 4. The molecule has 0 heterocycles. The first-order chi connectivity index (χ1) is 12.1. The van der Waals surface area contributed by atoms with Gasteiger partial charge >= 0.3 is 0 Å². The van der Waals surface area contributed by atoms with E-state index < -0.39 is 0 Å². The van der Waals surface area contributed by atoms with Crippen molar-refractivity contribution in [2.45, 2.75) is 78.1 Å². The Balaban J connectivity index is 2.08. The Morgan fingerprint density at radius 3 is 1.42 bits per heavy atom. The Morgan fingerprint density at radius 1 is 0.615 bits per heavy atom. The van der Waals surface area contributed by atoms with Crippen LogP contribution in [-0.4, -0.2) is 7.11 Å². The van der Waals surface area contributed by atoms with Crippen LogP contribution in [0.4, 0.5) is 0 Å². The van der Waals surface area contributed by atoms with Crippen molar-refractivity contribution < 1.29 is 4.74 Å². The Hall–Kier alpha value is -1.76. The monoisotopic (exact) mass is 350 g/mol. The largest absolute Gasteiger partial charge is 0.496 e. The molecule has 4 bridgehead atoms. The molecule has 0 unspecified atom stereocenters. The molecule has 3 rings (SSSR count). The van der Waals surface area contributed by atoms with Crippen molar-refractivity contribution in [3.63, 3.8) is 0 Å². The molecule has 1 nitrogen and oxygen atoms in total. The molecule has 0 atom stereocenters. The molecule has 140 valence electrons. The van der Waals surface area contributed by atoms with Gasteiger partial charge in [0.25, 0.3) is 0 Å². The minimum Gasteiger partial charge on any atom is -0.496 e. The molecule has 0 amide bonds. The molecule has 1 aliphatic carbocycles. The minimum absolute atomic E-state index is 0.160. The van der Waals surface area contributed by atoms with Gasteiger partial charge in [0.2, 0.25) is 0 Å². The van der Waals surface area contributed by atoms with Crippen molar-refractivity contribution in [3.05, 3.63) is 63.7 Å². The van der Waals surface area contributed by atoms with Gasteiger partial charge in [-0.25, -0.2) is 0 Å². The zero-order chi connectivity index (χ0) is 19.1. The molecule has 0 fully saturated rings. The van der Waals surface area contributed by atoms with Gasteiger partial charge in [0, 0.05) is 0 Å². The van der Waals surface area contributed by atoms with Gasteiger partial charge in [0.15, 0.2) is 0 Å². The molecule has 0 N–H and O–H groups in total. The second-order valence-electron chi connectivity index (χ2n) is 9.87.